The van der Waals surface area contributed by atoms with Crippen molar-refractivity contribution in [3.05, 3.63) is 30.3 Å². The standard InChI is InChI=1S/C13H15ClF3NO2/c14-7-8-18(10-13(15,16)17)12(19)6-9-20-11-4-2-1-3-5-11/h1-5H,6-10H2. The number of ether oxygens (including phenoxy) is 1. The average molecular weight is 310 g/mol. The van der Waals surface area contributed by atoms with Crippen molar-refractivity contribution in [2.45, 2.75) is 12.6 Å². The van der Waals surface area contributed by atoms with E-state index < -0.39 is 18.6 Å². The predicted molar refractivity (Wildman–Crippen MR) is 69.9 cm³/mol. The van der Waals surface area contributed by atoms with Crippen LogP contribution in [-0.2, 0) is 4.79 Å². The number of benzene rings is 1. The van der Waals surface area contributed by atoms with Crippen LogP contribution in [-0.4, -0.2) is 42.6 Å². The highest BCUT2D eigenvalue weighted by molar-refractivity contribution is 6.18. The van der Waals surface area contributed by atoms with Gasteiger partial charge in [0.15, 0.2) is 0 Å². The molecule has 1 aromatic rings. The predicted octanol–water partition coefficient (Wildman–Crippen LogP) is 3.09. The summed E-state index contributed by atoms with van der Waals surface area (Å²) >= 11 is 5.41. The number of alkyl halides is 4. The number of nitrogens with zero attached hydrogens (tertiary/aromatic N) is 1. The van der Waals surface area contributed by atoms with Crippen molar-refractivity contribution >= 4 is 17.5 Å². The van der Waals surface area contributed by atoms with Gasteiger partial charge in [-0.25, -0.2) is 0 Å². The van der Waals surface area contributed by atoms with Gasteiger partial charge < -0.3 is 9.64 Å². The zero-order valence-corrected chi connectivity index (χ0v) is 11.5. The number of carbonyl (C=O) groups excluding carboxylic acids is 1. The summed E-state index contributed by atoms with van der Waals surface area (Å²) in [5, 5.41) is 0. The summed E-state index contributed by atoms with van der Waals surface area (Å²) in [6.45, 7) is -1.39. The van der Waals surface area contributed by atoms with Crippen molar-refractivity contribution < 1.29 is 22.7 Å². The Morgan fingerprint density at radius 1 is 1.25 bits per heavy atom. The molecule has 0 spiro atoms. The SMILES string of the molecule is O=C(CCOc1ccccc1)N(CCCl)CC(F)(F)F. The average Bonchev–Trinajstić information content (AvgIpc) is 2.38. The molecule has 0 aliphatic carbocycles. The molecule has 0 aliphatic heterocycles. The van der Waals surface area contributed by atoms with Crippen LogP contribution in [0.2, 0.25) is 0 Å². The molecule has 1 rings (SSSR count). The lowest BCUT2D eigenvalue weighted by Crippen LogP contribution is -2.40. The molecule has 3 nitrogen and oxygen atoms in total. The Morgan fingerprint density at radius 2 is 1.90 bits per heavy atom. The molecule has 7 heteroatoms. The molecule has 0 unspecified atom stereocenters. The van der Waals surface area contributed by atoms with Gasteiger partial charge in [-0.3, -0.25) is 4.79 Å². The van der Waals surface area contributed by atoms with Gasteiger partial charge in [-0.1, -0.05) is 18.2 Å². The molecule has 0 atom stereocenters. The van der Waals surface area contributed by atoms with Crippen LogP contribution < -0.4 is 4.74 Å². The zero-order valence-electron chi connectivity index (χ0n) is 10.7. The molecule has 1 aromatic carbocycles. The normalized spacial score (nSPS) is 11.2. The van der Waals surface area contributed by atoms with Gasteiger partial charge in [0.2, 0.25) is 5.91 Å². The zero-order chi connectivity index (χ0) is 15.0. The van der Waals surface area contributed by atoms with E-state index in [9.17, 15) is 18.0 Å². The number of para-hydroxylation sites is 1. The van der Waals surface area contributed by atoms with Crippen molar-refractivity contribution in [2.75, 3.05) is 25.6 Å². The Labute approximate surface area is 120 Å². The van der Waals surface area contributed by atoms with Gasteiger partial charge in [-0.05, 0) is 12.1 Å². The van der Waals surface area contributed by atoms with Gasteiger partial charge in [-0.15, -0.1) is 11.6 Å². The van der Waals surface area contributed by atoms with E-state index in [0.717, 1.165) is 0 Å². The molecule has 0 aromatic heterocycles. The maximum absolute atomic E-state index is 12.3. The fourth-order valence-electron chi connectivity index (χ4n) is 1.54. The van der Waals surface area contributed by atoms with Crippen LogP contribution in [0.25, 0.3) is 0 Å². The highest BCUT2D eigenvalue weighted by Crippen LogP contribution is 2.17. The summed E-state index contributed by atoms with van der Waals surface area (Å²) in [6.07, 6.45) is -4.55. The van der Waals surface area contributed by atoms with Gasteiger partial charge >= 0.3 is 6.18 Å². The van der Waals surface area contributed by atoms with Crippen LogP contribution in [0.3, 0.4) is 0 Å². The maximum Gasteiger partial charge on any atom is 0.406 e. The first-order valence-electron chi connectivity index (χ1n) is 6.00. The summed E-state index contributed by atoms with van der Waals surface area (Å²) < 4.78 is 42.2. The van der Waals surface area contributed by atoms with E-state index in [-0.39, 0.29) is 25.5 Å². The van der Waals surface area contributed by atoms with E-state index in [0.29, 0.717) is 10.6 Å². The van der Waals surface area contributed by atoms with Crippen LogP contribution in [0.1, 0.15) is 6.42 Å². The van der Waals surface area contributed by atoms with Gasteiger partial charge in [0.05, 0.1) is 13.0 Å². The molecule has 20 heavy (non-hydrogen) atoms. The lowest BCUT2D eigenvalue weighted by molar-refractivity contribution is -0.161. The Bertz CT molecular complexity index is 412. The number of halogens is 4. The first kappa shape index (κ1) is 16.6. The third-order valence-electron chi connectivity index (χ3n) is 2.41. The quantitative estimate of drug-likeness (QED) is 0.724. The Hall–Kier alpha value is -1.43. The van der Waals surface area contributed by atoms with Crippen LogP contribution >= 0.6 is 11.6 Å². The lowest BCUT2D eigenvalue weighted by atomic mass is 10.3. The van der Waals surface area contributed by atoms with Gasteiger partial charge in [-0.2, -0.15) is 13.2 Å². The van der Waals surface area contributed by atoms with Crippen LogP contribution in [0.5, 0.6) is 5.75 Å². The molecule has 0 saturated heterocycles. The largest absolute Gasteiger partial charge is 0.493 e. The second-order valence-corrected chi connectivity index (χ2v) is 4.41. The lowest BCUT2D eigenvalue weighted by Gasteiger charge is -2.23. The summed E-state index contributed by atoms with van der Waals surface area (Å²) in [5.74, 6) is -0.0969. The molecule has 1 amide bonds. The van der Waals surface area contributed by atoms with E-state index in [2.05, 4.69) is 0 Å². The van der Waals surface area contributed by atoms with Crippen molar-refractivity contribution in [1.82, 2.24) is 4.90 Å². The Morgan fingerprint density at radius 3 is 2.45 bits per heavy atom. The van der Waals surface area contributed by atoms with Crippen molar-refractivity contribution in [2.24, 2.45) is 0 Å². The van der Waals surface area contributed by atoms with Crippen LogP contribution in [0, 0.1) is 0 Å². The monoisotopic (exact) mass is 309 g/mol. The molecule has 112 valence electrons. The summed E-state index contributed by atoms with van der Waals surface area (Å²) in [7, 11) is 0. The minimum absolute atomic E-state index is 0.0273. The second-order valence-electron chi connectivity index (χ2n) is 4.03. The third kappa shape index (κ3) is 6.65. The van der Waals surface area contributed by atoms with Crippen LogP contribution in [0.15, 0.2) is 30.3 Å². The van der Waals surface area contributed by atoms with Crippen molar-refractivity contribution in [3.63, 3.8) is 0 Å². The minimum Gasteiger partial charge on any atom is -0.493 e. The second kappa shape index (κ2) is 7.99. The molecule has 0 N–H and O–H groups in total. The molecule has 0 fully saturated rings. The summed E-state index contributed by atoms with van der Waals surface area (Å²) in [6, 6.07) is 8.75. The van der Waals surface area contributed by atoms with E-state index in [4.69, 9.17) is 16.3 Å². The van der Waals surface area contributed by atoms with Gasteiger partial charge in [0.1, 0.15) is 12.3 Å². The Balaban J connectivity index is 2.42. The first-order chi connectivity index (χ1) is 9.42. The summed E-state index contributed by atoms with van der Waals surface area (Å²) in [5.41, 5.74) is 0. The van der Waals surface area contributed by atoms with E-state index in [1.54, 1.807) is 24.3 Å². The minimum atomic E-state index is -4.43. The number of hydrogen-bond donors (Lipinski definition) is 0. The molecular weight excluding hydrogens is 295 g/mol. The van der Waals surface area contributed by atoms with E-state index in [1.807, 2.05) is 6.07 Å². The number of carbonyl (C=O) groups is 1. The first-order valence-corrected chi connectivity index (χ1v) is 6.54. The van der Waals surface area contributed by atoms with Crippen molar-refractivity contribution in [1.29, 1.82) is 0 Å². The fraction of sp³-hybridized carbons (Fsp3) is 0.462. The number of hydrogen-bond acceptors (Lipinski definition) is 2. The number of amides is 1. The molecular formula is C13H15ClF3NO2. The number of rotatable bonds is 7. The third-order valence-corrected chi connectivity index (χ3v) is 2.57. The topological polar surface area (TPSA) is 29.5 Å². The highest BCUT2D eigenvalue weighted by atomic mass is 35.5. The fourth-order valence-corrected chi connectivity index (χ4v) is 1.75. The van der Waals surface area contributed by atoms with E-state index in [1.165, 1.54) is 0 Å². The molecule has 0 radical (unpaired) electrons. The Kier molecular flexibility index (Phi) is 6.64. The molecule has 0 bridgehead atoms. The molecule has 0 saturated carbocycles. The van der Waals surface area contributed by atoms with Gasteiger partial charge in [0.25, 0.3) is 0 Å². The maximum atomic E-state index is 12.3. The highest BCUT2D eigenvalue weighted by Gasteiger charge is 2.32. The molecule has 0 aliphatic rings. The van der Waals surface area contributed by atoms with Crippen LogP contribution in [0.4, 0.5) is 13.2 Å². The van der Waals surface area contributed by atoms with Crippen molar-refractivity contribution in [3.8, 4) is 5.75 Å². The molecule has 0 heterocycles. The van der Waals surface area contributed by atoms with Gasteiger partial charge in [0, 0.05) is 12.4 Å². The smallest absolute Gasteiger partial charge is 0.406 e. The summed E-state index contributed by atoms with van der Waals surface area (Å²) in [4.78, 5) is 12.4. The van der Waals surface area contributed by atoms with E-state index >= 15 is 0 Å².